The molecule has 3 rings (SSSR count). The first kappa shape index (κ1) is 11.3. The van der Waals surface area contributed by atoms with Crippen LogP contribution in [-0.2, 0) is 0 Å². The largest absolute Gasteiger partial charge is 0.477 e. The van der Waals surface area contributed by atoms with Crippen molar-refractivity contribution in [2.24, 2.45) is 0 Å². The van der Waals surface area contributed by atoms with E-state index in [1.54, 1.807) is 18.5 Å². The van der Waals surface area contributed by atoms with Crippen LogP contribution < -0.4 is 0 Å². The van der Waals surface area contributed by atoms with Crippen LogP contribution >= 0.6 is 0 Å². The van der Waals surface area contributed by atoms with Gasteiger partial charge in [-0.2, -0.15) is 0 Å². The normalized spacial score (nSPS) is 10.5. The fourth-order valence-corrected chi connectivity index (χ4v) is 1.92. The molecule has 19 heavy (non-hydrogen) atoms. The Morgan fingerprint density at radius 3 is 2.47 bits per heavy atom. The lowest BCUT2D eigenvalue weighted by atomic mass is 10.1. The molecule has 2 aromatic heterocycles. The summed E-state index contributed by atoms with van der Waals surface area (Å²) in [7, 11) is 0. The number of rotatable bonds is 2. The summed E-state index contributed by atoms with van der Waals surface area (Å²) >= 11 is 0. The summed E-state index contributed by atoms with van der Waals surface area (Å²) in [5.41, 5.74) is 2.74. The number of carboxylic acids is 1. The van der Waals surface area contributed by atoms with Gasteiger partial charge in [0, 0.05) is 28.9 Å². The lowest BCUT2D eigenvalue weighted by Crippen LogP contribution is -1.99. The highest BCUT2D eigenvalue weighted by Crippen LogP contribution is 2.22. The average Bonchev–Trinajstić information content (AvgIpc) is 2.47. The van der Waals surface area contributed by atoms with Gasteiger partial charge in [-0.25, -0.2) is 9.78 Å². The van der Waals surface area contributed by atoms with Gasteiger partial charge in [-0.05, 0) is 18.2 Å². The van der Waals surface area contributed by atoms with Gasteiger partial charge in [-0.15, -0.1) is 0 Å². The molecule has 0 bridgehead atoms. The Kier molecular flexibility index (Phi) is 2.68. The van der Waals surface area contributed by atoms with Gasteiger partial charge in [0.05, 0.1) is 5.52 Å². The highest BCUT2D eigenvalue weighted by atomic mass is 16.4. The van der Waals surface area contributed by atoms with Gasteiger partial charge < -0.3 is 5.11 Å². The SMILES string of the molecule is O=C(O)c1ccc(-c2cnc3ccccc3c2)cn1. The molecule has 3 aromatic rings. The minimum absolute atomic E-state index is 0.0394. The summed E-state index contributed by atoms with van der Waals surface area (Å²) in [6.07, 6.45) is 3.31. The standard InChI is InChI=1S/C15H10N2O2/c18-15(19)14-6-5-11(8-17-14)12-7-10-3-1-2-4-13(10)16-9-12/h1-9H,(H,18,19). The topological polar surface area (TPSA) is 63.1 Å². The predicted octanol–water partition coefficient (Wildman–Crippen LogP) is 3.00. The molecule has 0 aliphatic heterocycles. The van der Waals surface area contributed by atoms with Crippen molar-refractivity contribution in [2.75, 3.05) is 0 Å². The van der Waals surface area contributed by atoms with Gasteiger partial charge in [0.1, 0.15) is 5.69 Å². The van der Waals surface area contributed by atoms with Crippen LogP contribution in [0.2, 0.25) is 0 Å². The molecule has 0 aliphatic rings. The Labute approximate surface area is 109 Å². The zero-order chi connectivity index (χ0) is 13.2. The number of nitrogens with zero attached hydrogens (tertiary/aromatic N) is 2. The highest BCUT2D eigenvalue weighted by molar-refractivity contribution is 5.86. The first-order valence-corrected chi connectivity index (χ1v) is 5.78. The summed E-state index contributed by atoms with van der Waals surface area (Å²) in [6.45, 7) is 0. The maximum Gasteiger partial charge on any atom is 0.354 e. The molecule has 2 heterocycles. The molecule has 92 valence electrons. The van der Waals surface area contributed by atoms with Crippen molar-refractivity contribution >= 4 is 16.9 Å². The summed E-state index contributed by atoms with van der Waals surface area (Å²) in [5.74, 6) is -1.02. The van der Waals surface area contributed by atoms with Gasteiger partial charge in [0.25, 0.3) is 0 Å². The van der Waals surface area contributed by atoms with Crippen LogP contribution in [0.3, 0.4) is 0 Å². The van der Waals surface area contributed by atoms with Gasteiger partial charge in [0.2, 0.25) is 0 Å². The maximum absolute atomic E-state index is 10.7. The first-order chi connectivity index (χ1) is 9.24. The van der Waals surface area contributed by atoms with Crippen molar-refractivity contribution in [1.82, 2.24) is 9.97 Å². The molecule has 0 saturated heterocycles. The monoisotopic (exact) mass is 250 g/mol. The van der Waals surface area contributed by atoms with Crippen molar-refractivity contribution < 1.29 is 9.90 Å². The van der Waals surface area contributed by atoms with Crippen LogP contribution in [-0.4, -0.2) is 21.0 Å². The third-order valence-corrected chi connectivity index (χ3v) is 2.91. The maximum atomic E-state index is 10.7. The van der Waals surface area contributed by atoms with E-state index in [4.69, 9.17) is 5.11 Å². The van der Waals surface area contributed by atoms with Crippen molar-refractivity contribution in [2.45, 2.75) is 0 Å². The van der Waals surface area contributed by atoms with E-state index in [0.29, 0.717) is 0 Å². The van der Waals surface area contributed by atoms with Crippen molar-refractivity contribution in [3.8, 4) is 11.1 Å². The smallest absolute Gasteiger partial charge is 0.354 e. The van der Waals surface area contributed by atoms with Gasteiger partial charge in [-0.1, -0.05) is 24.3 Å². The van der Waals surface area contributed by atoms with Crippen molar-refractivity contribution in [1.29, 1.82) is 0 Å². The lowest BCUT2D eigenvalue weighted by Gasteiger charge is -2.03. The quantitative estimate of drug-likeness (QED) is 0.759. The predicted molar refractivity (Wildman–Crippen MR) is 71.9 cm³/mol. The number of pyridine rings is 2. The lowest BCUT2D eigenvalue weighted by molar-refractivity contribution is 0.0690. The van der Waals surface area contributed by atoms with E-state index in [1.165, 1.54) is 6.07 Å². The van der Waals surface area contributed by atoms with Crippen molar-refractivity contribution in [3.63, 3.8) is 0 Å². The number of hydrogen-bond donors (Lipinski definition) is 1. The number of benzene rings is 1. The van der Waals surface area contributed by atoms with Crippen molar-refractivity contribution in [3.05, 3.63) is 60.6 Å². The van der Waals surface area contributed by atoms with Crippen LogP contribution in [0.1, 0.15) is 10.5 Å². The Morgan fingerprint density at radius 1 is 0.947 bits per heavy atom. The fraction of sp³-hybridized carbons (Fsp3) is 0. The number of fused-ring (bicyclic) bond motifs is 1. The number of para-hydroxylation sites is 1. The van der Waals surface area contributed by atoms with E-state index in [9.17, 15) is 4.79 Å². The number of hydrogen-bond acceptors (Lipinski definition) is 3. The number of aromatic nitrogens is 2. The fourth-order valence-electron chi connectivity index (χ4n) is 1.92. The Hall–Kier alpha value is -2.75. The van der Waals surface area contributed by atoms with Crippen LogP contribution in [0.15, 0.2) is 54.9 Å². The molecule has 1 aromatic carbocycles. The van der Waals surface area contributed by atoms with E-state index >= 15 is 0 Å². The molecule has 0 fully saturated rings. The van der Waals surface area contributed by atoms with Crippen LogP contribution in [0.5, 0.6) is 0 Å². The zero-order valence-corrected chi connectivity index (χ0v) is 9.95. The average molecular weight is 250 g/mol. The molecule has 0 radical (unpaired) electrons. The molecule has 4 heteroatoms. The zero-order valence-electron chi connectivity index (χ0n) is 9.95. The Morgan fingerprint density at radius 2 is 1.74 bits per heavy atom. The second kappa shape index (κ2) is 4.49. The van der Waals surface area contributed by atoms with Crippen LogP contribution in [0.4, 0.5) is 0 Å². The minimum atomic E-state index is -1.02. The van der Waals surface area contributed by atoms with E-state index < -0.39 is 5.97 Å². The molecule has 1 N–H and O–H groups in total. The first-order valence-electron chi connectivity index (χ1n) is 5.78. The van der Waals surface area contributed by atoms with Gasteiger partial charge in [0.15, 0.2) is 0 Å². The Balaban J connectivity index is 2.06. The molecule has 0 aliphatic carbocycles. The highest BCUT2D eigenvalue weighted by Gasteiger charge is 2.05. The van der Waals surface area contributed by atoms with Gasteiger partial charge in [-0.3, -0.25) is 4.98 Å². The summed E-state index contributed by atoms with van der Waals surface area (Å²) < 4.78 is 0. The van der Waals surface area contributed by atoms with Crippen LogP contribution in [0, 0.1) is 0 Å². The number of aromatic carboxylic acids is 1. The summed E-state index contributed by atoms with van der Waals surface area (Å²) in [4.78, 5) is 19.0. The molecule has 0 unspecified atom stereocenters. The van der Waals surface area contributed by atoms with E-state index in [1.807, 2.05) is 30.3 Å². The molecular formula is C15H10N2O2. The van der Waals surface area contributed by atoms with E-state index in [-0.39, 0.29) is 5.69 Å². The molecular weight excluding hydrogens is 240 g/mol. The second-order valence-electron chi connectivity index (χ2n) is 4.15. The molecule has 0 amide bonds. The third-order valence-electron chi connectivity index (χ3n) is 2.91. The summed E-state index contributed by atoms with van der Waals surface area (Å²) in [5, 5.41) is 9.86. The van der Waals surface area contributed by atoms with E-state index in [0.717, 1.165) is 22.0 Å². The second-order valence-corrected chi connectivity index (χ2v) is 4.15. The molecule has 0 spiro atoms. The number of carboxylic acid groups (broad SMARTS) is 1. The minimum Gasteiger partial charge on any atom is -0.477 e. The van der Waals surface area contributed by atoms with Crippen LogP contribution in [0.25, 0.3) is 22.0 Å². The number of carbonyl (C=O) groups is 1. The molecule has 0 atom stereocenters. The van der Waals surface area contributed by atoms with E-state index in [2.05, 4.69) is 9.97 Å². The van der Waals surface area contributed by atoms with Gasteiger partial charge >= 0.3 is 5.97 Å². The third kappa shape index (κ3) is 2.15. The molecule has 4 nitrogen and oxygen atoms in total. The Bertz CT molecular complexity index is 751. The summed E-state index contributed by atoms with van der Waals surface area (Å²) in [6, 6.07) is 13.1. The molecule has 0 saturated carbocycles.